The normalized spacial score (nSPS) is 11.7. The molecule has 0 spiro atoms. The van der Waals surface area contributed by atoms with Gasteiger partial charge in [-0.2, -0.15) is 0 Å². The number of carbonyl (C=O) groups is 2. The summed E-state index contributed by atoms with van der Waals surface area (Å²) in [6.45, 7) is 0.170. The number of imide groups is 1. The van der Waals surface area contributed by atoms with E-state index in [4.69, 9.17) is 10.5 Å². The molecule has 19 heavy (non-hydrogen) atoms. The van der Waals surface area contributed by atoms with Gasteiger partial charge in [-0.3, -0.25) is 0 Å². The van der Waals surface area contributed by atoms with Gasteiger partial charge in [0.2, 0.25) is 0 Å². The van der Waals surface area contributed by atoms with Crippen molar-refractivity contribution in [2.75, 3.05) is 13.7 Å². The van der Waals surface area contributed by atoms with Gasteiger partial charge in [-0.05, 0) is 12.0 Å². The standard InChI is InChI=1S/C13H19N3O3/c1-16(12(15)17)13(18)19-9-11(14)8-7-10-5-3-2-4-6-10/h2-6,11H,7-9,14H2,1H3,(H2,15,17)/p+1/t11-/m1/s1. The monoisotopic (exact) mass is 266 g/mol. The van der Waals surface area contributed by atoms with E-state index in [1.807, 2.05) is 30.3 Å². The van der Waals surface area contributed by atoms with Gasteiger partial charge in [0, 0.05) is 13.5 Å². The highest BCUT2D eigenvalue weighted by Crippen LogP contribution is 2.04. The second-order valence-corrected chi connectivity index (χ2v) is 4.36. The minimum absolute atomic E-state index is 0.0227. The van der Waals surface area contributed by atoms with Crippen LogP contribution in [0.25, 0.3) is 0 Å². The first-order valence-electron chi connectivity index (χ1n) is 6.07. The quantitative estimate of drug-likeness (QED) is 0.805. The van der Waals surface area contributed by atoms with Crippen molar-refractivity contribution in [1.82, 2.24) is 4.90 Å². The fraction of sp³-hybridized carbons (Fsp3) is 0.385. The lowest BCUT2D eigenvalue weighted by Gasteiger charge is -2.14. The summed E-state index contributed by atoms with van der Waals surface area (Å²) in [4.78, 5) is 22.8. The second kappa shape index (κ2) is 7.38. The first-order valence-corrected chi connectivity index (χ1v) is 6.07. The van der Waals surface area contributed by atoms with Crippen LogP contribution in [-0.4, -0.2) is 36.7 Å². The lowest BCUT2D eigenvalue weighted by Crippen LogP contribution is -2.63. The van der Waals surface area contributed by atoms with Gasteiger partial charge < -0.3 is 16.2 Å². The van der Waals surface area contributed by atoms with Gasteiger partial charge in [0.1, 0.15) is 12.6 Å². The van der Waals surface area contributed by atoms with Crippen LogP contribution in [0.5, 0.6) is 0 Å². The topological polar surface area (TPSA) is 100 Å². The van der Waals surface area contributed by atoms with Crippen LogP contribution in [0.4, 0.5) is 9.59 Å². The molecular weight excluding hydrogens is 246 g/mol. The summed E-state index contributed by atoms with van der Waals surface area (Å²) < 4.78 is 4.94. The molecule has 0 aliphatic rings. The lowest BCUT2D eigenvalue weighted by atomic mass is 10.1. The number of quaternary nitrogens is 1. The average molecular weight is 266 g/mol. The molecule has 0 aliphatic carbocycles. The highest BCUT2D eigenvalue weighted by molar-refractivity contribution is 5.89. The maximum atomic E-state index is 11.3. The molecule has 0 saturated carbocycles. The molecule has 6 heteroatoms. The number of nitrogens with zero attached hydrogens (tertiary/aromatic N) is 1. The van der Waals surface area contributed by atoms with Crippen LogP contribution >= 0.6 is 0 Å². The molecule has 0 radical (unpaired) electrons. The molecule has 0 aromatic heterocycles. The van der Waals surface area contributed by atoms with E-state index in [9.17, 15) is 9.59 Å². The summed E-state index contributed by atoms with van der Waals surface area (Å²) in [6, 6.07) is 9.15. The van der Waals surface area contributed by atoms with E-state index in [2.05, 4.69) is 5.73 Å². The predicted molar refractivity (Wildman–Crippen MR) is 70.1 cm³/mol. The van der Waals surface area contributed by atoms with E-state index in [1.165, 1.54) is 12.6 Å². The summed E-state index contributed by atoms with van der Waals surface area (Å²) >= 11 is 0. The Morgan fingerprint density at radius 1 is 1.37 bits per heavy atom. The zero-order chi connectivity index (χ0) is 14.3. The Morgan fingerprint density at radius 2 is 2.00 bits per heavy atom. The van der Waals surface area contributed by atoms with E-state index in [1.54, 1.807) is 0 Å². The highest BCUT2D eigenvalue weighted by atomic mass is 16.6. The fourth-order valence-electron chi connectivity index (χ4n) is 1.47. The number of aryl methyl sites for hydroxylation is 1. The van der Waals surface area contributed by atoms with Gasteiger partial charge in [-0.15, -0.1) is 0 Å². The Bertz CT molecular complexity index is 422. The Hall–Kier alpha value is -2.08. The molecule has 0 aliphatic heterocycles. The van der Waals surface area contributed by atoms with Crippen LogP contribution in [0, 0.1) is 0 Å². The first kappa shape index (κ1) is 15.0. The molecule has 104 valence electrons. The van der Waals surface area contributed by atoms with E-state index in [0.29, 0.717) is 0 Å². The first-order chi connectivity index (χ1) is 9.00. The number of benzene rings is 1. The van der Waals surface area contributed by atoms with Crippen molar-refractivity contribution in [3.8, 4) is 0 Å². The highest BCUT2D eigenvalue weighted by Gasteiger charge is 2.17. The second-order valence-electron chi connectivity index (χ2n) is 4.36. The van der Waals surface area contributed by atoms with Crippen LogP contribution < -0.4 is 11.5 Å². The Kier molecular flexibility index (Phi) is 5.81. The number of hydrogen-bond donors (Lipinski definition) is 2. The summed E-state index contributed by atoms with van der Waals surface area (Å²) in [5.74, 6) is 0. The molecule has 1 atom stereocenters. The van der Waals surface area contributed by atoms with Crippen molar-refractivity contribution in [2.45, 2.75) is 18.9 Å². The number of nitrogens with two attached hydrogens (primary N) is 1. The lowest BCUT2D eigenvalue weighted by molar-refractivity contribution is -0.426. The van der Waals surface area contributed by atoms with Crippen LogP contribution in [0.1, 0.15) is 12.0 Å². The maximum Gasteiger partial charge on any atom is 0.417 e. The number of rotatable bonds is 5. The Morgan fingerprint density at radius 3 is 2.58 bits per heavy atom. The smallest absolute Gasteiger partial charge is 0.417 e. The number of ether oxygens (including phenoxy) is 1. The number of carbonyl (C=O) groups excluding carboxylic acids is 2. The minimum atomic E-state index is -0.838. The van der Waals surface area contributed by atoms with Crippen molar-refractivity contribution in [3.63, 3.8) is 0 Å². The zero-order valence-corrected chi connectivity index (χ0v) is 11.0. The van der Waals surface area contributed by atoms with Gasteiger partial charge in [0.05, 0.1) is 0 Å². The van der Waals surface area contributed by atoms with Gasteiger partial charge in [0.25, 0.3) is 0 Å². The third-order valence-corrected chi connectivity index (χ3v) is 2.73. The van der Waals surface area contributed by atoms with E-state index in [-0.39, 0.29) is 12.6 Å². The van der Waals surface area contributed by atoms with Gasteiger partial charge in [-0.25, -0.2) is 14.5 Å². The van der Waals surface area contributed by atoms with Crippen LogP contribution in [-0.2, 0) is 11.2 Å². The van der Waals surface area contributed by atoms with Gasteiger partial charge in [-0.1, -0.05) is 30.3 Å². The molecule has 6 nitrogen and oxygen atoms in total. The summed E-state index contributed by atoms with van der Waals surface area (Å²) in [7, 11) is 1.27. The van der Waals surface area contributed by atoms with Crippen LogP contribution in [0.2, 0.25) is 0 Å². The van der Waals surface area contributed by atoms with Gasteiger partial charge >= 0.3 is 12.1 Å². The third-order valence-electron chi connectivity index (χ3n) is 2.73. The molecule has 0 bridgehead atoms. The summed E-state index contributed by atoms with van der Waals surface area (Å²) in [5, 5.41) is 0. The summed E-state index contributed by atoms with van der Waals surface area (Å²) in [6.07, 6.45) is 0.927. The van der Waals surface area contributed by atoms with E-state index in [0.717, 1.165) is 17.7 Å². The molecule has 0 fully saturated rings. The minimum Gasteiger partial charge on any atom is -0.443 e. The molecule has 5 N–H and O–H groups in total. The Labute approximate surface area is 112 Å². The zero-order valence-electron chi connectivity index (χ0n) is 11.0. The number of primary amides is 1. The third kappa shape index (κ3) is 5.39. The molecule has 0 heterocycles. The number of hydrogen-bond acceptors (Lipinski definition) is 3. The molecule has 0 unspecified atom stereocenters. The summed E-state index contributed by atoms with van der Waals surface area (Å²) in [5.41, 5.74) is 10.1. The number of urea groups is 1. The Balaban J connectivity index is 2.26. The fourth-order valence-corrected chi connectivity index (χ4v) is 1.47. The molecule has 0 saturated heterocycles. The maximum absolute atomic E-state index is 11.3. The molecule has 3 amide bonds. The van der Waals surface area contributed by atoms with Crippen molar-refractivity contribution in [2.24, 2.45) is 5.73 Å². The van der Waals surface area contributed by atoms with Crippen LogP contribution in [0.3, 0.4) is 0 Å². The van der Waals surface area contributed by atoms with Crippen molar-refractivity contribution >= 4 is 12.1 Å². The molecule has 1 aromatic rings. The van der Waals surface area contributed by atoms with Crippen molar-refractivity contribution in [3.05, 3.63) is 35.9 Å². The molecule has 1 rings (SSSR count). The molecular formula is C13H20N3O3+. The van der Waals surface area contributed by atoms with Crippen LogP contribution in [0.15, 0.2) is 30.3 Å². The van der Waals surface area contributed by atoms with Gasteiger partial charge in [0.15, 0.2) is 0 Å². The average Bonchev–Trinajstić information content (AvgIpc) is 2.42. The molecule has 1 aromatic carbocycles. The SMILES string of the molecule is CN(C(N)=O)C(=O)OC[C@H]([NH3+])CCc1ccccc1. The number of amides is 3. The largest absolute Gasteiger partial charge is 0.443 e. The van der Waals surface area contributed by atoms with E-state index >= 15 is 0 Å². The van der Waals surface area contributed by atoms with Crippen molar-refractivity contribution < 1.29 is 20.1 Å². The van der Waals surface area contributed by atoms with E-state index < -0.39 is 12.1 Å². The van der Waals surface area contributed by atoms with Crippen molar-refractivity contribution in [1.29, 1.82) is 0 Å². The predicted octanol–water partition coefficient (Wildman–Crippen LogP) is 0.377.